The maximum absolute atomic E-state index is 13.0. The summed E-state index contributed by atoms with van der Waals surface area (Å²) in [5.74, 6) is -0.645. The zero-order valence-electron chi connectivity index (χ0n) is 23.8. The monoisotopic (exact) mass is 599 g/mol. The maximum Gasteiger partial charge on any atom is 0.252 e. The van der Waals surface area contributed by atoms with E-state index >= 15 is 0 Å². The van der Waals surface area contributed by atoms with Crippen LogP contribution in [0.1, 0.15) is 32.6 Å². The van der Waals surface area contributed by atoms with Gasteiger partial charge in [0.2, 0.25) is 11.8 Å². The van der Waals surface area contributed by atoms with Crippen molar-refractivity contribution in [3.05, 3.63) is 66.1 Å². The minimum Gasteiger partial charge on any atom is -0.368 e. The molecule has 2 N–H and O–H groups in total. The van der Waals surface area contributed by atoms with E-state index in [1.165, 1.54) is 18.3 Å². The van der Waals surface area contributed by atoms with Crippen molar-refractivity contribution in [3.63, 3.8) is 0 Å². The molecular formula is C32H33N5O5S. The summed E-state index contributed by atoms with van der Waals surface area (Å²) in [6, 6.07) is 13.9. The van der Waals surface area contributed by atoms with Gasteiger partial charge in [-0.05, 0) is 62.1 Å². The molecule has 6 rings (SSSR count). The van der Waals surface area contributed by atoms with Gasteiger partial charge in [-0.2, -0.15) is 0 Å². The molecule has 3 aromatic rings. The standard InChI is InChI=1S/C32H33N5O5S/c1-20(38)36-16-2-5-26(36)29(39)33-24-14-10-22(11-15-24)31-35-25(19-43-31)21-8-12-23(13-9-21)34-30(40)27-6-3-17-37(27)32(41)28-7-4-18-42-28/h3,6,8-15,19,26-28H,2,4-5,7,16-18H2,1H3,(H,33,39)(H,34,40). The van der Waals surface area contributed by atoms with Crippen molar-refractivity contribution >= 4 is 46.3 Å². The van der Waals surface area contributed by atoms with Crippen molar-refractivity contribution in [3.8, 4) is 21.8 Å². The van der Waals surface area contributed by atoms with Crippen molar-refractivity contribution in [1.82, 2.24) is 14.8 Å². The van der Waals surface area contributed by atoms with Crippen LogP contribution < -0.4 is 10.6 Å². The number of amides is 4. The minimum absolute atomic E-state index is 0.0804. The van der Waals surface area contributed by atoms with Gasteiger partial charge < -0.3 is 25.2 Å². The number of hydrogen-bond acceptors (Lipinski definition) is 7. The van der Waals surface area contributed by atoms with E-state index in [-0.39, 0.29) is 23.6 Å². The predicted molar refractivity (Wildman–Crippen MR) is 164 cm³/mol. The van der Waals surface area contributed by atoms with Crippen LogP contribution >= 0.6 is 11.3 Å². The molecule has 0 bridgehead atoms. The van der Waals surface area contributed by atoms with Crippen LogP contribution in [0.3, 0.4) is 0 Å². The highest BCUT2D eigenvalue weighted by molar-refractivity contribution is 7.13. The normalized spacial score (nSPS) is 21.3. The zero-order valence-corrected chi connectivity index (χ0v) is 24.6. The highest BCUT2D eigenvalue weighted by Crippen LogP contribution is 2.31. The molecule has 0 saturated carbocycles. The molecule has 11 heteroatoms. The largest absolute Gasteiger partial charge is 0.368 e. The van der Waals surface area contributed by atoms with Gasteiger partial charge in [0.05, 0.1) is 5.69 Å². The first kappa shape index (κ1) is 28.8. The molecule has 3 aliphatic rings. The highest BCUT2D eigenvalue weighted by Gasteiger charge is 2.36. The third-order valence-corrected chi connectivity index (χ3v) is 8.92. The van der Waals surface area contributed by atoms with Crippen LogP contribution in [-0.2, 0) is 23.9 Å². The highest BCUT2D eigenvalue weighted by atomic mass is 32.1. The Morgan fingerprint density at radius 2 is 1.58 bits per heavy atom. The van der Waals surface area contributed by atoms with Gasteiger partial charge in [-0.1, -0.05) is 24.3 Å². The van der Waals surface area contributed by atoms with E-state index in [0.717, 1.165) is 34.7 Å². The summed E-state index contributed by atoms with van der Waals surface area (Å²) in [5.41, 5.74) is 3.96. The van der Waals surface area contributed by atoms with E-state index < -0.39 is 18.2 Å². The molecule has 2 fully saturated rings. The smallest absolute Gasteiger partial charge is 0.252 e. The summed E-state index contributed by atoms with van der Waals surface area (Å²) in [4.78, 5) is 58.3. The van der Waals surface area contributed by atoms with Gasteiger partial charge in [-0.15, -0.1) is 11.3 Å². The first-order chi connectivity index (χ1) is 20.9. The van der Waals surface area contributed by atoms with Crippen LogP contribution in [0.5, 0.6) is 0 Å². The number of anilines is 2. The van der Waals surface area contributed by atoms with Gasteiger partial charge in [0, 0.05) is 54.5 Å². The van der Waals surface area contributed by atoms with Crippen molar-refractivity contribution in [1.29, 1.82) is 0 Å². The number of aromatic nitrogens is 1. The molecule has 0 spiro atoms. The molecule has 3 atom stereocenters. The molecule has 43 heavy (non-hydrogen) atoms. The molecule has 222 valence electrons. The third kappa shape index (κ3) is 6.23. The lowest BCUT2D eigenvalue weighted by Gasteiger charge is -2.26. The van der Waals surface area contributed by atoms with Gasteiger partial charge in [0.25, 0.3) is 11.8 Å². The Labute approximate surface area is 253 Å². The lowest BCUT2D eigenvalue weighted by atomic mass is 10.1. The SMILES string of the molecule is CC(=O)N1CCCC1C(=O)Nc1ccc(-c2nc(-c3ccc(NC(=O)C4C=CCN4C(=O)C4CCCO4)cc3)cs2)cc1. The number of likely N-dealkylation sites (tertiary alicyclic amines) is 1. The number of nitrogens with zero attached hydrogens (tertiary/aromatic N) is 3. The fourth-order valence-electron chi connectivity index (χ4n) is 5.75. The molecule has 4 amide bonds. The Morgan fingerprint density at radius 1 is 0.884 bits per heavy atom. The fourth-order valence-corrected chi connectivity index (χ4v) is 6.59. The number of carbonyl (C=O) groups excluding carboxylic acids is 4. The van der Waals surface area contributed by atoms with Crippen molar-refractivity contribution < 1.29 is 23.9 Å². The van der Waals surface area contributed by atoms with Crippen LogP contribution in [-0.4, -0.2) is 76.3 Å². The molecular weight excluding hydrogens is 566 g/mol. The van der Waals surface area contributed by atoms with E-state index in [2.05, 4.69) is 10.6 Å². The number of thiazole rings is 1. The van der Waals surface area contributed by atoms with Gasteiger partial charge in [-0.25, -0.2) is 4.98 Å². The quantitative estimate of drug-likeness (QED) is 0.391. The zero-order chi connectivity index (χ0) is 29.9. The van der Waals surface area contributed by atoms with E-state index in [1.54, 1.807) is 15.9 Å². The van der Waals surface area contributed by atoms with Crippen LogP contribution in [0.4, 0.5) is 11.4 Å². The van der Waals surface area contributed by atoms with Crippen molar-refractivity contribution in [2.45, 2.75) is 50.8 Å². The summed E-state index contributed by atoms with van der Waals surface area (Å²) in [6.45, 7) is 3.09. The number of rotatable bonds is 7. The van der Waals surface area contributed by atoms with Crippen LogP contribution in [0.15, 0.2) is 66.1 Å². The molecule has 1 aromatic heterocycles. The average molecular weight is 600 g/mol. The summed E-state index contributed by atoms with van der Waals surface area (Å²) >= 11 is 1.52. The van der Waals surface area contributed by atoms with Gasteiger partial charge in [0.15, 0.2) is 0 Å². The Hall–Kier alpha value is -4.35. The van der Waals surface area contributed by atoms with E-state index in [0.29, 0.717) is 43.9 Å². The summed E-state index contributed by atoms with van der Waals surface area (Å²) in [7, 11) is 0. The number of nitrogens with one attached hydrogen (secondary N) is 2. The molecule has 10 nitrogen and oxygen atoms in total. The first-order valence-electron chi connectivity index (χ1n) is 14.5. The Balaban J connectivity index is 1.05. The van der Waals surface area contributed by atoms with Gasteiger partial charge in [-0.3, -0.25) is 19.2 Å². The first-order valence-corrected chi connectivity index (χ1v) is 15.4. The molecule has 4 heterocycles. The molecule has 0 radical (unpaired) electrons. The lowest BCUT2D eigenvalue weighted by molar-refractivity contribution is -0.144. The van der Waals surface area contributed by atoms with E-state index in [1.807, 2.05) is 60.0 Å². The Morgan fingerprint density at radius 3 is 2.26 bits per heavy atom. The molecule has 2 saturated heterocycles. The molecule has 2 aromatic carbocycles. The Bertz CT molecular complexity index is 1540. The summed E-state index contributed by atoms with van der Waals surface area (Å²) < 4.78 is 5.52. The topological polar surface area (TPSA) is 121 Å². The minimum atomic E-state index is -0.657. The maximum atomic E-state index is 13.0. The molecule has 0 aliphatic carbocycles. The van der Waals surface area contributed by atoms with Crippen LogP contribution in [0.2, 0.25) is 0 Å². The second kappa shape index (κ2) is 12.5. The average Bonchev–Trinajstić information content (AvgIpc) is 3.84. The second-order valence-electron chi connectivity index (χ2n) is 10.9. The number of ether oxygens (including phenoxy) is 1. The Kier molecular flexibility index (Phi) is 8.35. The molecule has 3 unspecified atom stereocenters. The lowest BCUT2D eigenvalue weighted by Crippen LogP contribution is -2.47. The third-order valence-electron chi connectivity index (χ3n) is 8.02. The van der Waals surface area contributed by atoms with Crippen molar-refractivity contribution in [2.24, 2.45) is 0 Å². The van der Waals surface area contributed by atoms with Crippen LogP contribution in [0.25, 0.3) is 21.8 Å². The molecule has 3 aliphatic heterocycles. The summed E-state index contributed by atoms with van der Waals surface area (Å²) in [6.07, 6.45) is 6.18. The second-order valence-corrected chi connectivity index (χ2v) is 11.8. The summed E-state index contributed by atoms with van der Waals surface area (Å²) in [5, 5.41) is 8.67. The number of carbonyl (C=O) groups is 4. The number of hydrogen-bond donors (Lipinski definition) is 2. The van der Waals surface area contributed by atoms with Crippen LogP contribution in [0, 0.1) is 0 Å². The number of benzene rings is 2. The van der Waals surface area contributed by atoms with Crippen molar-refractivity contribution in [2.75, 3.05) is 30.3 Å². The fraction of sp³-hybridized carbons (Fsp3) is 0.344. The van der Waals surface area contributed by atoms with E-state index in [9.17, 15) is 19.2 Å². The van der Waals surface area contributed by atoms with E-state index in [4.69, 9.17) is 9.72 Å². The van der Waals surface area contributed by atoms with Gasteiger partial charge >= 0.3 is 0 Å². The van der Waals surface area contributed by atoms with Gasteiger partial charge in [0.1, 0.15) is 23.2 Å². The predicted octanol–water partition coefficient (Wildman–Crippen LogP) is 4.31.